The fraction of sp³-hybridized carbons (Fsp3) is 0.438. The zero-order chi connectivity index (χ0) is 12.7. The molecule has 1 atom stereocenters. The molecule has 1 saturated carbocycles. The Morgan fingerprint density at radius 1 is 1.05 bits per heavy atom. The number of pyridine rings is 1. The van der Waals surface area contributed by atoms with Gasteiger partial charge in [0.25, 0.3) is 0 Å². The molecule has 1 aromatic carbocycles. The lowest BCUT2D eigenvalue weighted by atomic mass is 10.1. The maximum atomic E-state index is 4.45. The van der Waals surface area contributed by atoms with Crippen molar-refractivity contribution < 1.29 is 0 Å². The quantitative estimate of drug-likeness (QED) is 0.911. The van der Waals surface area contributed by atoms with Gasteiger partial charge < -0.3 is 10.2 Å². The molecule has 1 unspecified atom stereocenters. The molecule has 2 aromatic rings. The highest BCUT2D eigenvalue weighted by Crippen LogP contribution is 2.29. The van der Waals surface area contributed by atoms with E-state index in [1.807, 2.05) is 12.3 Å². The molecule has 0 amide bonds. The molecule has 1 saturated heterocycles. The van der Waals surface area contributed by atoms with Crippen LogP contribution in [-0.2, 0) is 0 Å². The maximum absolute atomic E-state index is 4.45. The van der Waals surface area contributed by atoms with Crippen LogP contribution >= 0.6 is 0 Å². The van der Waals surface area contributed by atoms with Crippen molar-refractivity contribution in [2.24, 2.45) is 0 Å². The number of nitrogens with zero attached hydrogens (tertiary/aromatic N) is 2. The molecule has 0 spiro atoms. The molecule has 3 nitrogen and oxygen atoms in total. The highest BCUT2D eigenvalue weighted by Gasteiger charge is 2.29. The van der Waals surface area contributed by atoms with E-state index < -0.39 is 0 Å². The topological polar surface area (TPSA) is 28.2 Å². The molecule has 2 aliphatic rings. The zero-order valence-corrected chi connectivity index (χ0v) is 11.0. The minimum absolute atomic E-state index is 0.666. The van der Waals surface area contributed by atoms with Crippen LogP contribution in [0.25, 0.3) is 10.9 Å². The average molecular weight is 253 g/mol. The Bertz CT molecular complexity index is 586. The highest BCUT2D eigenvalue weighted by molar-refractivity contribution is 5.91. The van der Waals surface area contributed by atoms with Gasteiger partial charge in [-0.25, -0.2) is 0 Å². The molecular formula is C16H19N3. The number of fused-ring (bicyclic) bond motifs is 1. The molecule has 1 aromatic heterocycles. The summed E-state index contributed by atoms with van der Waals surface area (Å²) < 4.78 is 0. The fourth-order valence-corrected chi connectivity index (χ4v) is 3.06. The molecular weight excluding hydrogens is 234 g/mol. The van der Waals surface area contributed by atoms with Crippen LogP contribution in [0.2, 0.25) is 0 Å². The molecule has 2 heterocycles. The molecule has 2 fully saturated rings. The number of anilines is 1. The molecule has 3 heteroatoms. The first-order valence-electron chi connectivity index (χ1n) is 7.25. The van der Waals surface area contributed by atoms with Gasteiger partial charge in [0.05, 0.1) is 5.52 Å². The smallest absolute Gasteiger partial charge is 0.0722 e. The summed E-state index contributed by atoms with van der Waals surface area (Å²) in [7, 11) is 0. The van der Waals surface area contributed by atoms with E-state index in [-0.39, 0.29) is 0 Å². The van der Waals surface area contributed by atoms with Gasteiger partial charge in [0, 0.05) is 42.4 Å². The van der Waals surface area contributed by atoms with E-state index in [0.717, 1.165) is 24.6 Å². The van der Waals surface area contributed by atoms with Crippen molar-refractivity contribution in [1.29, 1.82) is 0 Å². The van der Waals surface area contributed by atoms with Gasteiger partial charge in [0.1, 0.15) is 0 Å². The van der Waals surface area contributed by atoms with Gasteiger partial charge >= 0.3 is 0 Å². The Morgan fingerprint density at radius 3 is 2.89 bits per heavy atom. The Labute approximate surface area is 113 Å². The second kappa shape index (κ2) is 4.49. The van der Waals surface area contributed by atoms with Crippen molar-refractivity contribution in [2.75, 3.05) is 18.0 Å². The van der Waals surface area contributed by atoms with E-state index in [1.165, 1.54) is 30.3 Å². The van der Waals surface area contributed by atoms with Crippen LogP contribution in [0.4, 0.5) is 5.69 Å². The van der Waals surface area contributed by atoms with Crippen LogP contribution in [-0.4, -0.2) is 30.2 Å². The summed E-state index contributed by atoms with van der Waals surface area (Å²) in [5.41, 5.74) is 2.43. The summed E-state index contributed by atoms with van der Waals surface area (Å²) in [4.78, 5) is 6.95. The lowest BCUT2D eigenvalue weighted by molar-refractivity contribution is 0.548. The van der Waals surface area contributed by atoms with Crippen LogP contribution in [0, 0.1) is 0 Å². The van der Waals surface area contributed by atoms with Crippen molar-refractivity contribution >= 4 is 16.6 Å². The van der Waals surface area contributed by atoms with Crippen molar-refractivity contribution in [2.45, 2.75) is 31.3 Å². The first-order valence-corrected chi connectivity index (χ1v) is 7.25. The third-order valence-electron chi connectivity index (χ3n) is 4.20. The normalized spacial score (nSPS) is 23.2. The van der Waals surface area contributed by atoms with Crippen LogP contribution in [0.15, 0.2) is 36.5 Å². The Balaban J connectivity index is 1.60. The van der Waals surface area contributed by atoms with Gasteiger partial charge in [-0.1, -0.05) is 6.07 Å². The first-order chi connectivity index (χ1) is 9.40. The Morgan fingerprint density at radius 2 is 2.00 bits per heavy atom. The third kappa shape index (κ3) is 2.19. The van der Waals surface area contributed by atoms with E-state index in [4.69, 9.17) is 0 Å². The molecule has 1 N–H and O–H groups in total. The van der Waals surface area contributed by atoms with E-state index in [2.05, 4.69) is 39.5 Å². The largest absolute Gasteiger partial charge is 0.369 e. The minimum Gasteiger partial charge on any atom is -0.369 e. The predicted octanol–water partition coefficient (Wildman–Crippen LogP) is 2.57. The Kier molecular flexibility index (Phi) is 2.66. The third-order valence-corrected chi connectivity index (χ3v) is 4.20. The predicted molar refractivity (Wildman–Crippen MR) is 78.5 cm³/mol. The van der Waals surface area contributed by atoms with Gasteiger partial charge in [-0.2, -0.15) is 0 Å². The van der Waals surface area contributed by atoms with E-state index >= 15 is 0 Å². The fourth-order valence-electron chi connectivity index (χ4n) is 3.06. The van der Waals surface area contributed by atoms with Crippen LogP contribution in [0.5, 0.6) is 0 Å². The average Bonchev–Trinajstić information content (AvgIpc) is 3.14. The lowest BCUT2D eigenvalue weighted by Gasteiger charge is -2.20. The van der Waals surface area contributed by atoms with Gasteiger partial charge in [-0.15, -0.1) is 0 Å². The van der Waals surface area contributed by atoms with Gasteiger partial charge in [-0.05, 0) is 43.5 Å². The van der Waals surface area contributed by atoms with Crippen molar-refractivity contribution in [1.82, 2.24) is 10.3 Å². The molecule has 4 rings (SSSR count). The van der Waals surface area contributed by atoms with Crippen molar-refractivity contribution in [3.05, 3.63) is 36.5 Å². The second-order valence-electron chi connectivity index (χ2n) is 5.72. The minimum atomic E-state index is 0.666. The van der Waals surface area contributed by atoms with E-state index in [0.29, 0.717) is 6.04 Å². The summed E-state index contributed by atoms with van der Waals surface area (Å²) >= 11 is 0. The number of nitrogens with one attached hydrogen (secondary N) is 1. The van der Waals surface area contributed by atoms with Gasteiger partial charge in [-0.3, -0.25) is 4.98 Å². The molecule has 1 aliphatic carbocycles. The lowest BCUT2D eigenvalue weighted by Crippen LogP contribution is -2.33. The SMILES string of the molecule is c1cc(N2CCC(NC3CC3)C2)c2cccnc2c1. The number of aromatic nitrogens is 1. The van der Waals surface area contributed by atoms with Crippen molar-refractivity contribution in [3.8, 4) is 0 Å². The van der Waals surface area contributed by atoms with Crippen LogP contribution in [0.1, 0.15) is 19.3 Å². The summed E-state index contributed by atoms with van der Waals surface area (Å²) in [5.74, 6) is 0. The number of hydrogen-bond donors (Lipinski definition) is 1. The summed E-state index contributed by atoms with van der Waals surface area (Å²) in [6.07, 6.45) is 5.87. The van der Waals surface area contributed by atoms with Crippen LogP contribution < -0.4 is 10.2 Å². The summed E-state index contributed by atoms with van der Waals surface area (Å²) in [6, 6.07) is 12.1. The van der Waals surface area contributed by atoms with Gasteiger partial charge in [0.15, 0.2) is 0 Å². The van der Waals surface area contributed by atoms with Gasteiger partial charge in [0.2, 0.25) is 0 Å². The maximum Gasteiger partial charge on any atom is 0.0722 e. The number of hydrogen-bond acceptors (Lipinski definition) is 3. The molecule has 19 heavy (non-hydrogen) atoms. The molecule has 1 aliphatic heterocycles. The monoisotopic (exact) mass is 253 g/mol. The summed E-state index contributed by atoms with van der Waals surface area (Å²) in [6.45, 7) is 2.28. The Hall–Kier alpha value is -1.61. The number of benzene rings is 1. The zero-order valence-electron chi connectivity index (χ0n) is 11.0. The summed E-state index contributed by atoms with van der Waals surface area (Å²) in [5, 5.41) is 5.02. The van der Waals surface area contributed by atoms with E-state index in [9.17, 15) is 0 Å². The molecule has 98 valence electrons. The number of rotatable bonds is 3. The second-order valence-corrected chi connectivity index (χ2v) is 5.72. The van der Waals surface area contributed by atoms with Crippen LogP contribution in [0.3, 0.4) is 0 Å². The standard InChI is InChI=1S/C16H19N3/c1-4-15-14(3-2-9-17-15)16(5-1)19-10-8-13(11-19)18-12-6-7-12/h1-5,9,12-13,18H,6-8,10-11H2. The highest BCUT2D eigenvalue weighted by atomic mass is 15.2. The van der Waals surface area contributed by atoms with E-state index in [1.54, 1.807) is 0 Å². The molecule has 0 radical (unpaired) electrons. The molecule has 0 bridgehead atoms. The van der Waals surface area contributed by atoms with Crippen molar-refractivity contribution in [3.63, 3.8) is 0 Å². The first kappa shape index (κ1) is 11.2.